The second-order valence-corrected chi connectivity index (χ2v) is 3.97. The summed E-state index contributed by atoms with van der Waals surface area (Å²) >= 11 is 0. The summed E-state index contributed by atoms with van der Waals surface area (Å²) in [5.41, 5.74) is 0. The van der Waals surface area contributed by atoms with Crippen molar-refractivity contribution >= 4 is 5.91 Å². The first-order chi connectivity index (χ1) is 9.20. The third-order valence-corrected chi connectivity index (χ3v) is 2.47. The number of hydrogen-bond acceptors (Lipinski definition) is 5. The second kappa shape index (κ2) is 5.94. The molecular weight excluding hydrogens is 246 g/mol. The monoisotopic (exact) mass is 261 g/mol. The maximum Gasteiger partial charge on any atom is 0.311 e. The minimum atomic E-state index is -0.323. The van der Waals surface area contributed by atoms with Gasteiger partial charge in [-0.15, -0.1) is 10.2 Å². The molecule has 0 atom stereocenters. The van der Waals surface area contributed by atoms with Crippen LogP contribution in [0.15, 0.2) is 29.0 Å². The number of aromatic amines is 1. The van der Waals surface area contributed by atoms with Gasteiger partial charge in [-0.3, -0.25) is 4.79 Å². The molecule has 2 rings (SSSR count). The fraction of sp³-hybridized carbons (Fsp3) is 0.333. The van der Waals surface area contributed by atoms with Crippen LogP contribution >= 0.6 is 0 Å². The van der Waals surface area contributed by atoms with Crippen LogP contribution in [-0.2, 0) is 13.0 Å². The molecule has 7 heteroatoms. The number of hydrogen-bond donors (Lipinski definition) is 1. The number of allylic oxidation sites excluding steroid dienone is 2. The Hall–Kier alpha value is -2.44. The highest BCUT2D eigenvalue weighted by Gasteiger charge is 2.19. The predicted molar refractivity (Wildman–Crippen MR) is 67.2 cm³/mol. The van der Waals surface area contributed by atoms with E-state index in [0.29, 0.717) is 24.7 Å². The van der Waals surface area contributed by atoms with Crippen molar-refractivity contribution in [3.05, 3.63) is 42.2 Å². The molecule has 0 saturated carbocycles. The van der Waals surface area contributed by atoms with Crippen LogP contribution < -0.4 is 0 Å². The molecule has 2 aromatic rings. The van der Waals surface area contributed by atoms with E-state index in [1.165, 1.54) is 4.90 Å². The van der Waals surface area contributed by atoms with Gasteiger partial charge >= 0.3 is 11.8 Å². The highest BCUT2D eigenvalue weighted by molar-refractivity contribution is 5.89. The molecule has 0 unspecified atom stereocenters. The summed E-state index contributed by atoms with van der Waals surface area (Å²) in [5.74, 6) is 0.793. The van der Waals surface area contributed by atoms with Gasteiger partial charge in [0.15, 0.2) is 0 Å². The van der Waals surface area contributed by atoms with Crippen LogP contribution in [0.2, 0.25) is 0 Å². The molecule has 0 fully saturated rings. The van der Waals surface area contributed by atoms with Gasteiger partial charge in [-0.1, -0.05) is 12.2 Å². The second-order valence-electron chi connectivity index (χ2n) is 3.97. The van der Waals surface area contributed by atoms with E-state index in [-0.39, 0.29) is 11.8 Å². The molecule has 0 radical (unpaired) electrons. The van der Waals surface area contributed by atoms with Crippen LogP contribution in [0.5, 0.6) is 0 Å². The summed E-state index contributed by atoms with van der Waals surface area (Å²) in [7, 11) is 1.65. The highest BCUT2D eigenvalue weighted by atomic mass is 16.4. The summed E-state index contributed by atoms with van der Waals surface area (Å²) in [4.78, 5) is 20.5. The van der Waals surface area contributed by atoms with Gasteiger partial charge in [0.2, 0.25) is 5.89 Å². The number of aromatic nitrogens is 4. The number of carbonyl (C=O) groups is 1. The zero-order valence-electron chi connectivity index (χ0n) is 10.8. The Morgan fingerprint density at radius 2 is 2.37 bits per heavy atom. The van der Waals surface area contributed by atoms with E-state index in [1.54, 1.807) is 19.4 Å². The number of nitrogens with one attached hydrogen (secondary N) is 1. The summed E-state index contributed by atoms with van der Waals surface area (Å²) in [5, 5.41) is 7.56. The highest BCUT2D eigenvalue weighted by Crippen LogP contribution is 2.06. The van der Waals surface area contributed by atoms with Crippen LogP contribution in [0, 0.1) is 0 Å². The van der Waals surface area contributed by atoms with Crippen molar-refractivity contribution in [1.82, 2.24) is 25.1 Å². The van der Waals surface area contributed by atoms with E-state index in [2.05, 4.69) is 20.2 Å². The largest absolute Gasteiger partial charge is 0.417 e. The summed E-state index contributed by atoms with van der Waals surface area (Å²) < 4.78 is 5.29. The quantitative estimate of drug-likeness (QED) is 0.816. The van der Waals surface area contributed by atoms with E-state index in [4.69, 9.17) is 4.42 Å². The Morgan fingerprint density at radius 3 is 3.05 bits per heavy atom. The maximum atomic E-state index is 12.0. The molecule has 0 aliphatic carbocycles. The van der Waals surface area contributed by atoms with Crippen molar-refractivity contribution < 1.29 is 9.21 Å². The number of carbonyl (C=O) groups excluding carboxylic acids is 1. The first-order valence-corrected chi connectivity index (χ1v) is 5.88. The van der Waals surface area contributed by atoms with Crippen molar-refractivity contribution in [3.8, 4) is 0 Å². The lowest BCUT2D eigenvalue weighted by molar-refractivity contribution is 0.0740. The summed E-state index contributed by atoms with van der Waals surface area (Å²) in [6, 6.07) is 0. The molecule has 1 N–H and O–H groups in total. The molecule has 0 saturated heterocycles. The maximum absolute atomic E-state index is 12.0. The number of imidazole rings is 1. The molecule has 0 bridgehead atoms. The molecule has 19 heavy (non-hydrogen) atoms. The number of nitrogens with zero attached hydrogens (tertiary/aromatic N) is 4. The van der Waals surface area contributed by atoms with Gasteiger partial charge in [-0.25, -0.2) is 4.98 Å². The Bertz CT molecular complexity index is 558. The van der Waals surface area contributed by atoms with Gasteiger partial charge in [-0.2, -0.15) is 0 Å². The number of H-pyrrole nitrogens is 1. The summed E-state index contributed by atoms with van der Waals surface area (Å²) in [6.45, 7) is 2.26. The van der Waals surface area contributed by atoms with Crippen molar-refractivity contribution in [2.75, 3.05) is 7.05 Å². The Labute approximate surface area is 110 Å². The normalized spacial score (nSPS) is 11.1. The number of rotatable bonds is 5. The molecule has 7 nitrogen and oxygen atoms in total. The van der Waals surface area contributed by atoms with E-state index in [0.717, 1.165) is 0 Å². The first kappa shape index (κ1) is 13.0. The van der Waals surface area contributed by atoms with Crippen LogP contribution in [0.3, 0.4) is 0 Å². The van der Waals surface area contributed by atoms with Crippen LogP contribution in [0.1, 0.15) is 29.3 Å². The molecule has 1 amide bonds. The minimum absolute atomic E-state index is 0.00596. The van der Waals surface area contributed by atoms with Gasteiger partial charge in [0.05, 0.1) is 6.54 Å². The van der Waals surface area contributed by atoms with E-state index in [1.807, 2.05) is 19.1 Å². The average molecular weight is 261 g/mol. The van der Waals surface area contributed by atoms with Crippen molar-refractivity contribution in [3.63, 3.8) is 0 Å². The standard InChI is InChI=1S/C12H15N5O2/c1-3-4-5-10-15-16-11(19-10)12(18)17(2)8-9-13-6-7-14-9/h3-4,6-7H,5,8H2,1-2H3,(H,13,14). The van der Waals surface area contributed by atoms with Gasteiger partial charge < -0.3 is 14.3 Å². The first-order valence-electron chi connectivity index (χ1n) is 5.88. The zero-order valence-corrected chi connectivity index (χ0v) is 10.8. The molecule has 0 spiro atoms. The molecular formula is C12H15N5O2. The Balaban J connectivity index is 2.00. The van der Waals surface area contributed by atoms with Crippen LogP contribution in [0.4, 0.5) is 0 Å². The minimum Gasteiger partial charge on any atom is -0.417 e. The van der Waals surface area contributed by atoms with E-state index in [9.17, 15) is 4.79 Å². The molecule has 2 aromatic heterocycles. The SMILES string of the molecule is CC=CCc1nnc(C(=O)N(C)Cc2ncc[nH]2)o1. The Morgan fingerprint density at radius 1 is 1.53 bits per heavy atom. The number of amides is 1. The van der Waals surface area contributed by atoms with E-state index >= 15 is 0 Å². The molecule has 100 valence electrons. The lowest BCUT2D eigenvalue weighted by Crippen LogP contribution is -2.27. The van der Waals surface area contributed by atoms with Gasteiger partial charge in [-0.05, 0) is 6.92 Å². The smallest absolute Gasteiger partial charge is 0.311 e. The fourth-order valence-electron chi connectivity index (χ4n) is 1.49. The molecule has 0 aliphatic rings. The van der Waals surface area contributed by atoms with Crippen LogP contribution in [0.25, 0.3) is 0 Å². The summed E-state index contributed by atoms with van der Waals surface area (Å²) in [6.07, 6.45) is 7.63. The fourth-order valence-corrected chi connectivity index (χ4v) is 1.49. The van der Waals surface area contributed by atoms with Gasteiger partial charge in [0.25, 0.3) is 0 Å². The average Bonchev–Trinajstić information content (AvgIpc) is 3.06. The van der Waals surface area contributed by atoms with Gasteiger partial charge in [0.1, 0.15) is 5.82 Å². The van der Waals surface area contributed by atoms with E-state index < -0.39 is 0 Å². The van der Waals surface area contributed by atoms with Crippen molar-refractivity contribution in [2.24, 2.45) is 0 Å². The van der Waals surface area contributed by atoms with Crippen molar-refractivity contribution in [1.29, 1.82) is 0 Å². The Kier molecular flexibility index (Phi) is 4.07. The molecule has 0 aromatic carbocycles. The predicted octanol–water partition coefficient (Wildman–Crippen LogP) is 1.18. The lowest BCUT2D eigenvalue weighted by Gasteiger charge is -2.12. The lowest BCUT2D eigenvalue weighted by atomic mass is 10.4. The molecule has 2 heterocycles. The van der Waals surface area contributed by atoms with Crippen LogP contribution in [-0.4, -0.2) is 38.0 Å². The molecule has 0 aliphatic heterocycles. The van der Waals surface area contributed by atoms with Gasteiger partial charge in [0, 0.05) is 25.9 Å². The zero-order chi connectivity index (χ0) is 13.7. The topological polar surface area (TPSA) is 87.9 Å². The van der Waals surface area contributed by atoms with Crippen molar-refractivity contribution in [2.45, 2.75) is 19.9 Å². The third-order valence-electron chi connectivity index (χ3n) is 2.47. The third kappa shape index (κ3) is 3.27.